The third-order valence-electron chi connectivity index (χ3n) is 3.30. The van der Waals surface area contributed by atoms with Crippen molar-refractivity contribution in [1.29, 1.82) is 0 Å². The van der Waals surface area contributed by atoms with Crippen LogP contribution in [0.1, 0.15) is 17.3 Å². The molecular weight excluding hydrogens is 351 g/mol. The molecule has 1 N–H and O–H groups in total. The van der Waals surface area contributed by atoms with Crippen LogP contribution in [0, 0.1) is 0 Å². The van der Waals surface area contributed by atoms with Crippen molar-refractivity contribution < 1.29 is 17.9 Å². The van der Waals surface area contributed by atoms with E-state index in [1.165, 1.54) is 29.6 Å². The van der Waals surface area contributed by atoms with E-state index in [0.717, 1.165) is 0 Å². The summed E-state index contributed by atoms with van der Waals surface area (Å²) < 4.78 is 31.5. The quantitative estimate of drug-likeness (QED) is 0.818. The number of ether oxygens (including phenoxy) is 1. The molecule has 1 aliphatic heterocycles. The Morgan fingerprint density at radius 3 is 2.73 bits per heavy atom. The van der Waals surface area contributed by atoms with Gasteiger partial charge in [-0.05, 0) is 25.1 Å². The summed E-state index contributed by atoms with van der Waals surface area (Å²) in [6, 6.07) is 4.17. The van der Waals surface area contributed by atoms with Crippen LogP contribution in [0.25, 0.3) is 0 Å². The van der Waals surface area contributed by atoms with E-state index < -0.39 is 16.0 Å². The second kappa shape index (κ2) is 7.61. The number of nitrogens with zero attached hydrogens (tertiary/aromatic N) is 1. The molecule has 124 valence electrons. The van der Waals surface area contributed by atoms with Crippen molar-refractivity contribution in [2.75, 3.05) is 26.7 Å². The molecule has 1 aromatic carbocycles. The predicted octanol–water partition coefficient (Wildman–Crippen LogP) is 1.53. The van der Waals surface area contributed by atoms with Gasteiger partial charge in [0.15, 0.2) is 0 Å². The van der Waals surface area contributed by atoms with Crippen LogP contribution in [-0.2, 0) is 14.8 Å². The number of piperazine rings is 1. The summed E-state index contributed by atoms with van der Waals surface area (Å²) in [5, 5.41) is 3.43. The monoisotopic (exact) mass is 368 g/mol. The summed E-state index contributed by atoms with van der Waals surface area (Å²) >= 11 is 5.89. The third kappa shape index (κ3) is 3.91. The summed E-state index contributed by atoms with van der Waals surface area (Å²) in [5.74, 6) is -0.701. The third-order valence-corrected chi connectivity index (χ3v) is 5.44. The van der Waals surface area contributed by atoms with Gasteiger partial charge in [0.25, 0.3) is 0 Å². The highest BCUT2D eigenvalue weighted by molar-refractivity contribution is 7.89. The fourth-order valence-corrected chi connectivity index (χ4v) is 4.21. The van der Waals surface area contributed by atoms with Gasteiger partial charge in [-0.3, -0.25) is 0 Å². The zero-order valence-electron chi connectivity index (χ0n) is 12.2. The van der Waals surface area contributed by atoms with Gasteiger partial charge in [0.05, 0.1) is 17.6 Å². The van der Waals surface area contributed by atoms with Crippen molar-refractivity contribution in [3.05, 3.63) is 28.8 Å². The summed E-state index contributed by atoms with van der Waals surface area (Å²) in [7, 11) is -2.59. The van der Waals surface area contributed by atoms with Crippen LogP contribution in [-0.4, -0.2) is 51.5 Å². The molecule has 1 heterocycles. The second-order valence-corrected chi connectivity index (χ2v) is 7.19. The number of esters is 1. The smallest absolute Gasteiger partial charge is 0.339 e. The van der Waals surface area contributed by atoms with Crippen molar-refractivity contribution in [2.45, 2.75) is 17.9 Å². The lowest BCUT2D eigenvalue weighted by atomic mass is 10.2. The fourth-order valence-electron chi connectivity index (χ4n) is 2.24. The Bertz CT molecular complexity index is 651. The van der Waals surface area contributed by atoms with Crippen molar-refractivity contribution in [2.24, 2.45) is 0 Å². The number of carbonyl (C=O) groups excluding carboxylic acids is 1. The molecule has 0 aromatic heterocycles. The summed E-state index contributed by atoms with van der Waals surface area (Å²) in [6.45, 7) is 3.16. The highest BCUT2D eigenvalue weighted by Gasteiger charge is 2.32. The van der Waals surface area contributed by atoms with Gasteiger partial charge in [0, 0.05) is 30.7 Å². The van der Waals surface area contributed by atoms with Gasteiger partial charge in [-0.15, -0.1) is 12.4 Å². The first-order valence-corrected chi connectivity index (χ1v) is 8.29. The molecule has 1 unspecified atom stereocenters. The van der Waals surface area contributed by atoms with Crippen LogP contribution < -0.4 is 5.32 Å². The molecule has 0 aliphatic carbocycles. The summed E-state index contributed by atoms with van der Waals surface area (Å²) in [4.78, 5) is 11.7. The molecule has 1 aliphatic rings. The Labute approximate surface area is 141 Å². The van der Waals surface area contributed by atoms with Gasteiger partial charge in [-0.2, -0.15) is 4.31 Å². The number of hydrogen-bond acceptors (Lipinski definition) is 5. The van der Waals surface area contributed by atoms with Gasteiger partial charge in [-0.1, -0.05) is 11.6 Å². The Kier molecular flexibility index (Phi) is 6.64. The Morgan fingerprint density at radius 1 is 1.45 bits per heavy atom. The van der Waals surface area contributed by atoms with Gasteiger partial charge in [0.1, 0.15) is 0 Å². The van der Waals surface area contributed by atoms with E-state index in [4.69, 9.17) is 11.6 Å². The lowest BCUT2D eigenvalue weighted by molar-refractivity contribution is 0.0596. The molecule has 1 saturated heterocycles. The largest absolute Gasteiger partial charge is 0.465 e. The van der Waals surface area contributed by atoms with E-state index in [2.05, 4.69) is 10.1 Å². The SMILES string of the molecule is COC(=O)c1ccc(Cl)cc1S(=O)(=O)N1CCNC(C)C1.Cl. The van der Waals surface area contributed by atoms with Crippen LogP contribution in [0.5, 0.6) is 0 Å². The van der Waals surface area contributed by atoms with E-state index in [0.29, 0.717) is 19.6 Å². The molecular formula is C13H18Cl2N2O4S. The Morgan fingerprint density at radius 2 is 2.14 bits per heavy atom. The van der Waals surface area contributed by atoms with E-state index >= 15 is 0 Å². The number of sulfonamides is 1. The number of methoxy groups -OCH3 is 1. The molecule has 0 spiro atoms. The molecule has 22 heavy (non-hydrogen) atoms. The van der Waals surface area contributed by atoms with Gasteiger partial charge in [-0.25, -0.2) is 13.2 Å². The van der Waals surface area contributed by atoms with Gasteiger partial charge < -0.3 is 10.1 Å². The molecule has 9 heteroatoms. The molecule has 1 aromatic rings. The lowest BCUT2D eigenvalue weighted by Gasteiger charge is -2.31. The first kappa shape index (κ1) is 19.2. The number of rotatable bonds is 3. The number of hydrogen-bond donors (Lipinski definition) is 1. The molecule has 2 rings (SSSR count). The highest BCUT2D eigenvalue weighted by atomic mass is 35.5. The maximum Gasteiger partial charge on any atom is 0.339 e. The number of benzene rings is 1. The maximum absolute atomic E-state index is 12.8. The average Bonchev–Trinajstić information content (AvgIpc) is 2.46. The van der Waals surface area contributed by atoms with Crippen LogP contribution in [0.2, 0.25) is 5.02 Å². The van der Waals surface area contributed by atoms with Crippen LogP contribution in [0.15, 0.2) is 23.1 Å². The topological polar surface area (TPSA) is 75.7 Å². The standard InChI is InChI=1S/C13H17ClN2O4S.ClH/c1-9-8-16(6-5-15-9)21(18,19)12-7-10(14)3-4-11(12)13(17)20-2;/h3-4,7,9,15H,5-6,8H2,1-2H3;1H. The number of halogens is 2. The molecule has 6 nitrogen and oxygen atoms in total. The zero-order valence-corrected chi connectivity index (χ0v) is 14.6. The average molecular weight is 369 g/mol. The zero-order chi connectivity index (χ0) is 15.6. The molecule has 1 fully saturated rings. The lowest BCUT2D eigenvalue weighted by Crippen LogP contribution is -2.51. The molecule has 0 amide bonds. The van der Waals surface area contributed by atoms with Crippen molar-refractivity contribution >= 4 is 40.0 Å². The molecule has 0 radical (unpaired) electrons. The van der Waals surface area contributed by atoms with Crippen molar-refractivity contribution in [3.8, 4) is 0 Å². The maximum atomic E-state index is 12.8. The minimum Gasteiger partial charge on any atom is -0.465 e. The summed E-state index contributed by atoms with van der Waals surface area (Å²) in [6.07, 6.45) is 0. The molecule has 1 atom stereocenters. The Hall–Kier alpha value is -0.860. The van der Waals surface area contributed by atoms with Crippen molar-refractivity contribution in [1.82, 2.24) is 9.62 Å². The fraction of sp³-hybridized carbons (Fsp3) is 0.462. The van der Waals surface area contributed by atoms with E-state index in [9.17, 15) is 13.2 Å². The van der Waals surface area contributed by atoms with Crippen molar-refractivity contribution in [3.63, 3.8) is 0 Å². The van der Waals surface area contributed by atoms with Gasteiger partial charge >= 0.3 is 5.97 Å². The molecule has 0 saturated carbocycles. The first-order valence-electron chi connectivity index (χ1n) is 6.47. The molecule has 0 bridgehead atoms. The first-order chi connectivity index (χ1) is 9.86. The minimum atomic E-state index is -3.80. The highest BCUT2D eigenvalue weighted by Crippen LogP contribution is 2.25. The van der Waals surface area contributed by atoms with E-state index in [-0.39, 0.29) is 33.9 Å². The van der Waals surface area contributed by atoms with E-state index in [1.807, 2.05) is 6.92 Å². The predicted molar refractivity (Wildman–Crippen MR) is 86.3 cm³/mol. The van der Waals surface area contributed by atoms with Crippen LogP contribution in [0.4, 0.5) is 0 Å². The Balaban J connectivity index is 0.00000242. The van der Waals surface area contributed by atoms with Gasteiger partial charge in [0.2, 0.25) is 10.0 Å². The number of nitrogens with one attached hydrogen (secondary N) is 1. The summed E-state index contributed by atoms with van der Waals surface area (Å²) in [5.41, 5.74) is -0.00640. The van der Waals surface area contributed by atoms with E-state index in [1.54, 1.807) is 0 Å². The van der Waals surface area contributed by atoms with Crippen LogP contribution in [0.3, 0.4) is 0 Å². The minimum absolute atomic E-state index is 0. The normalized spacial score (nSPS) is 19.3. The number of carbonyl (C=O) groups is 1. The second-order valence-electron chi connectivity index (χ2n) is 4.85. The van der Waals surface area contributed by atoms with Crippen LogP contribution >= 0.6 is 24.0 Å².